The maximum Gasteiger partial charge on any atom is 0.225 e. The summed E-state index contributed by atoms with van der Waals surface area (Å²) in [4.78, 5) is 22.2. The van der Waals surface area contributed by atoms with E-state index < -0.39 is 0 Å². The van der Waals surface area contributed by atoms with Crippen LogP contribution in [0.3, 0.4) is 0 Å². The molecule has 5 nitrogen and oxygen atoms in total. The third-order valence-electron chi connectivity index (χ3n) is 3.47. The van der Waals surface area contributed by atoms with Gasteiger partial charge in [0.15, 0.2) is 0 Å². The van der Waals surface area contributed by atoms with E-state index in [4.69, 9.17) is 0 Å². The van der Waals surface area contributed by atoms with Crippen LogP contribution in [-0.2, 0) is 10.2 Å². The van der Waals surface area contributed by atoms with Crippen molar-refractivity contribution in [2.24, 2.45) is 5.92 Å². The van der Waals surface area contributed by atoms with Crippen LogP contribution < -0.4 is 5.32 Å². The fraction of sp³-hybridized carbons (Fsp3) is 0.667. The van der Waals surface area contributed by atoms with Crippen molar-refractivity contribution in [3.8, 4) is 0 Å². The molecule has 1 N–H and O–H groups in total. The Morgan fingerprint density at radius 3 is 2.60 bits per heavy atom. The molecule has 1 aromatic heterocycles. The number of hydrogen-bond donors (Lipinski definition) is 1. The molecule has 2 rings (SSSR count). The number of carbonyl (C=O) groups excluding carboxylic acids is 1. The van der Waals surface area contributed by atoms with Gasteiger partial charge in [0.25, 0.3) is 0 Å². The summed E-state index contributed by atoms with van der Waals surface area (Å²) in [6.45, 7) is 11.8. The maximum absolute atomic E-state index is 11.8. The average molecular weight is 278 g/mol. The monoisotopic (exact) mass is 278 g/mol. The zero-order valence-electron chi connectivity index (χ0n) is 13.0. The van der Waals surface area contributed by atoms with Crippen molar-refractivity contribution < 1.29 is 6.22 Å². The van der Waals surface area contributed by atoms with E-state index >= 15 is 0 Å². The van der Waals surface area contributed by atoms with E-state index in [0.717, 1.165) is 24.6 Å². The van der Waals surface area contributed by atoms with Crippen LogP contribution in [0.25, 0.3) is 0 Å². The van der Waals surface area contributed by atoms with Crippen molar-refractivity contribution in [3.63, 3.8) is 0 Å². The Bertz CT molecular complexity index is 493. The van der Waals surface area contributed by atoms with Crippen LogP contribution in [0.15, 0.2) is 12.4 Å². The average Bonchev–Trinajstić information content (AvgIpc) is 2.31. The standard InChI is InChI=1S/C15H24N4O.H2/c1-10(2)14(20)19-7-11(8-19)18-13-6-12(15(3,4)5)16-9-17-13;/h6,9-11H,7-8H2,1-5H3,(H,16,17,18);1H. The number of hydrogen-bond acceptors (Lipinski definition) is 4. The largest absolute Gasteiger partial charge is 0.364 e. The first-order chi connectivity index (χ1) is 9.27. The lowest BCUT2D eigenvalue weighted by Crippen LogP contribution is -2.58. The van der Waals surface area contributed by atoms with Gasteiger partial charge in [-0.15, -0.1) is 0 Å². The summed E-state index contributed by atoms with van der Waals surface area (Å²) in [5.41, 5.74) is 1.03. The van der Waals surface area contributed by atoms with Crippen LogP contribution in [0.5, 0.6) is 0 Å². The SMILES string of the molecule is CC(C)C(=O)N1CC(Nc2cc(C(C)(C)C)ncn2)C1.[HH]. The highest BCUT2D eigenvalue weighted by atomic mass is 16.2. The first-order valence-electron chi connectivity index (χ1n) is 7.15. The van der Waals surface area contributed by atoms with Crippen molar-refractivity contribution in [3.05, 3.63) is 18.1 Å². The van der Waals surface area contributed by atoms with Crippen molar-refractivity contribution in [1.82, 2.24) is 14.9 Å². The Morgan fingerprint density at radius 1 is 1.40 bits per heavy atom. The van der Waals surface area contributed by atoms with Gasteiger partial charge in [-0.05, 0) is 0 Å². The molecule has 1 amide bonds. The number of amides is 1. The highest BCUT2D eigenvalue weighted by Crippen LogP contribution is 2.22. The van der Waals surface area contributed by atoms with Crippen LogP contribution in [0.4, 0.5) is 5.82 Å². The molecule has 1 fully saturated rings. The molecule has 1 aromatic rings. The second kappa shape index (κ2) is 5.38. The first kappa shape index (κ1) is 14.8. The number of likely N-dealkylation sites (tertiary alicyclic amines) is 1. The minimum Gasteiger partial charge on any atom is -0.364 e. The Balaban J connectivity index is 0.00000220. The summed E-state index contributed by atoms with van der Waals surface area (Å²) in [6, 6.07) is 2.29. The molecule has 1 saturated heterocycles. The molecule has 0 atom stereocenters. The fourth-order valence-corrected chi connectivity index (χ4v) is 2.17. The van der Waals surface area contributed by atoms with Crippen LogP contribution >= 0.6 is 0 Å². The predicted molar refractivity (Wildman–Crippen MR) is 81.7 cm³/mol. The number of aromatic nitrogens is 2. The summed E-state index contributed by atoms with van der Waals surface area (Å²) >= 11 is 0. The van der Waals surface area contributed by atoms with Gasteiger partial charge in [-0.25, -0.2) is 9.97 Å². The zero-order valence-corrected chi connectivity index (χ0v) is 13.0. The van der Waals surface area contributed by atoms with E-state index in [1.54, 1.807) is 6.33 Å². The third kappa shape index (κ3) is 3.26. The highest BCUT2D eigenvalue weighted by Gasteiger charge is 2.31. The first-order valence-corrected chi connectivity index (χ1v) is 7.15. The minimum absolute atomic E-state index is 0. The van der Waals surface area contributed by atoms with Gasteiger partial charge in [0.2, 0.25) is 5.91 Å². The van der Waals surface area contributed by atoms with Crippen molar-refractivity contribution in [1.29, 1.82) is 0 Å². The molecule has 112 valence electrons. The number of nitrogens with one attached hydrogen (secondary N) is 1. The molecule has 0 unspecified atom stereocenters. The molecular formula is C15H26N4O. The lowest BCUT2D eigenvalue weighted by Gasteiger charge is -2.40. The lowest BCUT2D eigenvalue weighted by molar-refractivity contribution is -0.138. The highest BCUT2D eigenvalue weighted by molar-refractivity contribution is 5.79. The van der Waals surface area contributed by atoms with Gasteiger partial charge in [-0.2, -0.15) is 0 Å². The van der Waals surface area contributed by atoms with E-state index in [1.165, 1.54) is 0 Å². The topological polar surface area (TPSA) is 58.1 Å². The predicted octanol–water partition coefficient (Wildman–Crippen LogP) is 2.30. The smallest absolute Gasteiger partial charge is 0.225 e. The molecule has 20 heavy (non-hydrogen) atoms. The molecule has 0 bridgehead atoms. The van der Waals surface area contributed by atoms with Crippen LogP contribution in [-0.4, -0.2) is 39.9 Å². The molecule has 1 aliphatic heterocycles. The maximum atomic E-state index is 11.8. The van der Waals surface area contributed by atoms with Crippen LogP contribution in [0.2, 0.25) is 0 Å². The van der Waals surface area contributed by atoms with E-state index in [1.807, 2.05) is 24.8 Å². The number of rotatable bonds is 3. The molecular weight excluding hydrogens is 252 g/mol. The molecule has 2 heterocycles. The number of anilines is 1. The summed E-state index contributed by atoms with van der Waals surface area (Å²) < 4.78 is 0. The molecule has 0 spiro atoms. The van der Waals surface area contributed by atoms with Gasteiger partial charge in [0, 0.05) is 31.9 Å². The summed E-state index contributed by atoms with van der Waals surface area (Å²) in [6.07, 6.45) is 1.60. The molecule has 0 saturated carbocycles. The quantitative estimate of drug-likeness (QED) is 0.921. The molecule has 0 radical (unpaired) electrons. The Hall–Kier alpha value is -1.65. The van der Waals surface area contributed by atoms with Gasteiger partial charge in [0.1, 0.15) is 12.1 Å². The summed E-state index contributed by atoms with van der Waals surface area (Å²) in [5, 5.41) is 3.37. The minimum atomic E-state index is 0. The second-order valence-electron chi connectivity index (χ2n) is 6.78. The Morgan fingerprint density at radius 2 is 2.05 bits per heavy atom. The van der Waals surface area contributed by atoms with Crippen molar-refractivity contribution in [2.75, 3.05) is 18.4 Å². The van der Waals surface area contributed by atoms with Gasteiger partial charge >= 0.3 is 0 Å². The molecule has 0 aromatic carbocycles. The van der Waals surface area contributed by atoms with Gasteiger partial charge in [-0.3, -0.25) is 4.79 Å². The summed E-state index contributed by atoms with van der Waals surface area (Å²) in [5.74, 6) is 1.13. The van der Waals surface area contributed by atoms with Crippen molar-refractivity contribution in [2.45, 2.75) is 46.1 Å². The van der Waals surface area contributed by atoms with Crippen molar-refractivity contribution >= 4 is 11.7 Å². The summed E-state index contributed by atoms with van der Waals surface area (Å²) in [7, 11) is 0. The second-order valence-corrected chi connectivity index (χ2v) is 6.78. The van der Waals surface area contributed by atoms with Gasteiger partial charge in [-0.1, -0.05) is 34.6 Å². The number of nitrogens with zero attached hydrogens (tertiary/aromatic N) is 3. The van der Waals surface area contributed by atoms with E-state index in [9.17, 15) is 4.79 Å². The van der Waals surface area contributed by atoms with Gasteiger partial charge in [0.05, 0.1) is 11.7 Å². The molecule has 1 aliphatic rings. The lowest BCUT2D eigenvalue weighted by atomic mass is 9.92. The normalized spacial score (nSPS) is 16.2. The molecule has 5 heteroatoms. The zero-order chi connectivity index (χ0) is 14.9. The van der Waals surface area contributed by atoms with E-state index in [-0.39, 0.29) is 18.7 Å². The Kier molecular flexibility index (Phi) is 3.97. The molecule has 0 aliphatic carbocycles. The Labute approximate surface area is 122 Å². The number of carbonyl (C=O) groups is 1. The third-order valence-corrected chi connectivity index (χ3v) is 3.47. The fourth-order valence-electron chi connectivity index (χ4n) is 2.17. The van der Waals surface area contributed by atoms with Gasteiger partial charge < -0.3 is 10.2 Å². The van der Waals surface area contributed by atoms with Crippen LogP contribution in [0, 0.1) is 5.92 Å². The van der Waals surface area contributed by atoms with E-state index in [2.05, 4.69) is 36.1 Å². The van der Waals surface area contributed by atoms with E-state index in [0.29, 0.717) is 6.04 Å². The van der Waals surface area contributed by atoms with Crippen LogP contribution in [0.1, 0.15) is 41.7 Å².